The van der Waals surface area contributed by atoms with E-state index in [1.165, 1.54) is 24.0 Å². The Morgan fingerprint density at radius 3 is 2.63 bits per heavy atom. The molecule has 0 aromatic carbocycles. The van der Waals surface area contributed by atoms with Crippen LogP contribution in [0.4, 0.5) is 0 Å². The van der Waals surface area contributed by atoms with Crippen LogP contribution in [0.2, 0.25) is 0 Å². The van der Waals surface area contributed by atoms with E-state index in [9.17, 15) is 0 Å². The van der Waals surface area contributed by atoms with Crippen LogP contribution in [0.3, 0.4) is 0 Å². The van der Waals surface area contributed by atoms with Crippen molar-refractivity contribution < 1.29 is 0 Å². The molecule has 2 heterocycles. The van der Waals surface area contributed by atoms with Crippen molar-refractivity contribution in [1.82, 2.24) is 9.88 Å². The van der Waals surface area contributed by atoms with E-state index in [1.54, 1.807) is 0 Å². The van der Waals surface area contributed by atoms with Crippen LogP contribution in [0.25, 0.3) is 0 Å². The van der Waals surface area contributed by atoms with Gasteiger partial charge in [0.25, 0.3) is 0 Å². The average Bonchev–Trinajstić information content (AvgIpc) is 2.63. The maximum atomic E-state index is 6.50. The van der Waals surface area contributed by atoms with Crippen LogP contribution in [0, 0.1) is 0 Å². The Kier molecular flexibility index (Phi) is 2.95. The Bertz CT molecular complexity index is 467. The van der Waals surface area contributed by atoms with Crippen molar-refractivity contribution in [3.8, 4) is 0 Å². The third-order valence-electron chi connectivity index (χ3n) is 5.19. The molecule has 0 saturated carbocycles. The maximum Gasteiger partial charge on any atom is 0.0303 e. The normalized spacial score (nSPS) is 26.6. The number of pyridine rings is 1. The third kappa shape index (κ3) is 2.00. The molecule has 3 rings (SSSR count). The molecule has 1 atom stereocenters. The van der Waals surface area contributed by atoms with Gasteiger partial charge >= 0.3 is 0 Å². The summed E-state index contributed by atoms with van der Waals surface area (Å²) < 4.78 is 0. The lowest BCUT2D eigenvalue weighted by molar-refractivity contribution is 0.0689. The quantitative estimate of drug-likeness (QED) is 0.776. The van der Waals surface area contributed by atoms with Crippen molar-refractivity contribution >= 4 is 0 Å². The van der Waals surface area contributed by atoms with Gasteiger partial charge in [0, 0.05) is 29.4 Å². The molecule has 3 nitrogen and oxygen atoms in total. The van der Waals surface area contributed by atoms with Gasteiger partial charge in [-0.15, -0.1) is 0 Å². The minimum atomic E-state index is 0.208. The summed E-state index contributed by atoms with van der Waals surface area (Å²) in [6, 6.07) is 2.48. The maximum absolute atomic E-state index is 6.50. The molecule has 1 aliphatic carbocycles. The Balaban J connectivity index is 1.87. The highest BCUT2D eigenvalue weighted by molar-refractivity contribution is 5.41. The highest BCUT2D eigenvalue weighted by atomic mass is 15.2. The molecule has 19 heavy (non-hydrogen) atoms. The number of hydrogen-bond donors (Lipinski definition) is 1. The van der Waals surface area contributed by atoms with Crippen molar-refractivity contribution in [2.24, 2.45) is 5.73 Å². The summed E-state index contributed by atoms with van der Waals surface area (Å²) in [6.45, 7) is 9.21. The van der Waals surface area contributed by atoms with Crippen molar-refractivity contribution in [3.63, 3.8) is 0 Å². The molecule has 1 aliphatic heterocycles. The lowest BCUT2D eigenvalue weighted by Crippen LogP contribution is -2.54. The van der Waals surface area contributed by atoms with E-state index in [4.69, 9.17) is 5.73 Å². The van der Waals surface area contributed by atoms with Gasteiger partial charge in [-0.25, -0.2) is 0 Å². The molecule has 2 N–H and O–H groups in total. The van der Waals surface area contributed by atoms with E-state index < -0.39 is 0 Å². The minimum Gasteiger partial charge on any atom is -0.327 e. The summed E-state index contributed by atoms with van der Waals surface area (Å²) in [7, 11) is 0. The second kappa shape index (κ2) is 4.29. The van der Waals surface area contributed by atoms with Crippen LogP contribution in [0.15, 0.2) is 18.5 Å². The van der Waals surface area contributed by atoms with Crippen LogP contribution in [-0.4, -0.2) is 34.6 Å². The van der Waals surface area contributed by atoms with Crippen molar-refractivity contribution in [2.75, 3.05) is 13.1 Å². The molecule has 1 aromatic rings. The summed E-state index contributed by atoms with van der Waals surface area (Å²) in [5, 5.41) is 0. The molecule has 1 aromatic heterocycles. The molecule has 1 saturated heterocycles. The number of hydrogen-bond acceptors (Lipinski definition) is 3. The zero-order valence-electron chi connectivity index (χ0n) is 12.3. The topological polar surface area (TPSA) is 42.2 Å². The molecule has 2 aliphatic rings. The van der Waals surface area contributed by atoms with Crippen LogP contribution in [-0.2, 0) is 11.8 Å². The van der Waals surface area contributed by atoms with Crippen molar-refractivity contribution in [3.05, 3.63) is 29.6 Å². The number of fused-ring (bicyclic) bond motifs is 2. The summed E-state index contributed by atoms with van der Waals surface area (Å²) >= 11 is 0. The Labute approximate surface area is 116 Å². The zero-order valence-corrected chi connectivity index (χ0v) is 12.3. The predicted octanol–water partition coefficient (Wildman–Crippen LogP) is 2.10. The first-order valence-corrected chi connectivity index (χ1v) is 7.37. The third-order valence-corrected chi connectivity index (χ3v) is 5.19. The highest BCUT2D eigenvalue weighted by Crippen LogP contribution is 2.45. The molecular formula is C16H25N3. The first kappa shape index (κ1) is 13.1. The SMILES string of the molecule is CC(C)(C)N1CCC2(CC1)c1ccncc1C[C@H]2N. The predicted molar refractivity (Wildman–Crippen MR) is 78.2 cm³/mol. The van der Waals surface area contributed by atoms with Gasteiger partial charge in [-0.1, -0.05) is 0 Å². The number of rotatable bonds is 0. The molecular weight excluding hydrogens is 234 g/mol. The molecule has 3 heteroatoms. The van der Waals surface area contributed by atoms with E-state index in [-0.39, 0.29) is 17.0 Å². The van der Waals surface area contributed by atoms with Gasteiger partial charge < -0.3 is 5.73 Å². The molecule has 0 radical (unpaired) electrons. The van der Waals surface area contributed by atoms with Gasteiger partial charge in [0.1, 0.15) is 0 Å². The van der Waals surface area contributed by atoms with Gasteiger partial charge in [-0.3, -0.25) is 9.88 Å². The smallest absolute Gasteiger partial charge is 0.0303 e. The lowest BCUT2D eigenvalue weighted by Gasteiger charge is -2.47. The van der Waals surface area contributed by atoms with Crippen LogP contribution in [0.5, 0.6) is 0 Å². The van der Waals surface area contributed by atoms with Crippen molar-refractivity contribution in [2.45, 2.75) is 57.0 Å². The van der Waals surface area contributed by atoms with Gasteiger partial charge in [0.2, 0.25) is 0 Å². The van der Waals surface area contributed by atoms with Crippen LogP contribution < -0.4 is 5.73 Å². The van der Waals surface area contributed by atoms with Gasteiger partial charge in [-0.05, 0) is 70.3 Å². The second-order valence-corrected chi connectivity index (χ2v) is 7.16. The van der Waals surface area contributed by atoms with Gasteiger partial charge in [-0.2, -0.15) is 0 Å². The molecule has 0 bridgehead atoms. The second-order valence-electron chi connectivity index (χ2n) is 7.16. The summed E-state index contributed by atoms with van der Waals surface area (Å²) in [6.07, 6.45) is 7.30. The number of aromatic nitrogens is 1. The minimum absolute atomic E-state index is 0.208. The Morgan fingerprint density at radius 2 is 2.00 bits per heavy atom. The number of nitrogens with zero attached hydrogens (tertiary/aromatic N) is 2. The first-order chi connectivity index (χ1) is 8.93. The van der Waals surface area contributed by atoms with E-state index in [1.807, 2.05) is 12.4 Å². The Morgan fingerprint density at radius 1 is 1.32 bits per heavy atom. The number of likely N-dealkylation sites (tertiary alicyclic amines) is 1. The van der Waals surface area contributed by atoms with E-state index in [0.717, 1.165) is 19.5 Å². The lowest BCUT2D eigenvalue weighted by atomic mass is 9.71. The summed E-state index contributed by atoms with van der Waals surface area (Å²) in [4.78, 5) is 6.84. The average molecular weight is 259 g/mol. The first-order valence-electron chi connectivity index (χ1n) is 7.37. The zero-order chi connectivity index (χ0) is 13.7. The molecule has 1 spiro atoms. The van der Waals surface area contributed by atoms with E-state index >= 15 is 0 Å². The summed E-state index contributed by atoms with van der Waals surface area (Å²) in [5.74, 6) is 0. The van der Waals surface area contributed by atoms with Gasteiger partial charge in [0.05, 0.1) is 0 Å². The number of nitrogens with two attached hydrogens (primary N) is 1. The largest absolute Gasteiger partial charge is 0.327 e. The highest BCUT2D eigenvalue weighted by Gasteiger charge is 2.47. The van der Waals surface area contributed by atoms with Crippen LogP contribution in [0.1, 0.15) is 44.7 Å². The fourth-order valence-electron chi connectivity index (χ4n) is 3.92. The van der Waals surface area contributed by atoms with Gasteiger partial charge in [0.15, 0.2) is 0 Å². The fraction of sp³-hybridized carbons (Fsp3) is 0.688. The monoisotopic (exact) mass is 259 g/mol. The van der Waals surface area contributed by atoms with E-state index in [0.29, 0.717) is 0 Å². The summed E-state index contributed by atoms with van der Waals surface area (Å²) in [5.41, 5.74) is 9.83. The molecule has 1 fully saturated rings. The molecule has 0 amide bonds. The fourth-order valence-corrected chi connectivity index (χ4v) is 3.92. The standard InChI is InChI=1S/C16H25N3/c1-15(2,3)19-8-5-16(6-9-19)13-4-7-18-11-12(13)10-14(16)17/h4,7,11,14H,5-6,8-10,17H2,1-3H3/t14-/m1/s1. The van der Waals surface area contributed by atoms with Crippen LogP contribution >= 0.6 is 0 Å². The Hall–Kier alpha value is -0.930. The molecule has 104 valence electrons. The van der Waals surface area contributed by atoms with Crippen molar-refractivity contribution in [1.29, 1.82) is 0 Å². The number of piperidine rings is 1. The molecule has 0 unspecified atom stereocenters. The van der Waals surface area contributed by atoms with E-state index in [2.05, 4.69) is 36.7 Å².